The van der Waals surface area contributed by atoms with E-state index in [1.165, 1.54) is 4.90 Å². The highest BCUT2D eigenvalue weighted by molar-refractivity contribution is 5.90. The van der Waals surface area contributed by atoms with Gasteiger partial charge < -0.3 is 15.2 Å². The van der Waals surface area contributed by atoms with Crippen molar-refractivity contribution in [3.8, 4) is 0 Å². The van der Waals surface area contributed by atoms with Crippen LogP contribution in [0.25, 0.3) is 0 Å². The van der Waals surface area contributed by atoms with Crippen molar-refractivity contribution in [2.75, 3.05) is 6.54 Å². The molecule has 1 unspecified atom stereocenters. The second-order valence-corrected chi connectivity index (χ2v) is 6.68. The quantitative estimate of drug-likeness (QED) is 0.848. The van der Waals surface area contributed by atoms with Crippen molar-refractivity contribution >= 4 is 18.0 Å². The predicted molar refractivity (Wildman–Crippen MR) is 86.2 cm³/mol. The molecule has 0 aliphatic carbocycles. The van der Waals surface area contributed by atoms with Crippen LogP contribution in [0.4, 0.5) is 4.79 Å². The van der Waals surface area contributed by atoms with Gasteiger partial charge in [-0.15, -0.1) is 0 Å². The minimum atomic E-state index is -0.853. The summed E-state index contributed by atoms with van der Waals surface area (Å²) >= 11 is 0. The Hall–Kier alpha value is -2.57. The molecule has 2 rings (SSSR count). The van der Waals surface area contributed by atoms with Crippen LogP contribution in [0, 0.1) is 0 Å². The molecular formula is C17H22N2O5. The van der Waals surface area contributed by atoms with Crippen LogP contribution in [0.5, 0.6) is 0 Å². The lowest BCUT2D eigenvalue weighted by atomic mass is 10.2. The fraction of sp³-hybridized carbons (Fsp3) is 0.471. The number of nitrogens with two attached hydrogens (primary N) is 1. The number of hydrogen-bond donors (Lipinski definition) is 1. The standard InChI is InChI=1S/C17H22N2O5/c1-17(2,3)24-16(22)19-10-12(9-13(19)14(18)20)23-15(21)11-7-5-4-6-8-11/h4-8,12-13H,9-10H2,1-3H3,(H2,18,20)/t12?,13-/m1/s1. The van der Waals surface area contributed by atoms with E-state index in [0.29, 0.717) is 5.56 Å². The monoisotopic (exact) mass is 334 g/mol. The lowest BCUT2D eigenvalue weighted by Crippen LogP contribution is -2.45. The first kappa shape index (κ1) is 17.8. The number of rotatable bonds is 3. The third kappa shape index (κ3) is 4.47. The molecule has 0 aromatic heterocycles. The Morgan fingerprint density at radius 2 is 1.79 bits per heavy atom. The summed E-state index contributed by atoms with van der Waals surface area (Å²) in [5, 5.41) is 0. The number of benzene rings is 1. The van der Waals surface area contributed by atoms with Gasteiger partial charge in [-0.2, -0.15) is 0 Å². The average molecular weight is 334 g/mol. The minimum Gasteiger partial charge on any atom is -0.457 e. The molecule has 0 bridgehead atoms. The molecule has 1 aliphatic heterocycles. The number of esters is 1. The minimum absolute atomic E-state index is 0.0705. The highest BCUT2D eigenvalue weighted by atomic mass is 16.6. The summed E-state index contributed by atoms with van der Waals surface area (Å²) in [4.78, 5) is 37.2. The predicted octanol–water partition coefficient (Wildman–Crippen LogP) is 1.71. The molecule has 2 amide bonds. The van der Waals surface area contributed by atoms with Gasteiger partial charge in [0.15, 0.2) is 0 Å². The van der Waals surface area contributed by atoms with E-state index in [9.17, 15) is 14.4 Å². The van der Waals surface area contributed by atoms with Crippen LogP contribution in [0.3, 0.4) is 0 Å². The Morgan fingerprint density at radius 3 is 2.33 bits per heavy atom. The molecule has 1 aromatic carbocycles. The number of primary amides is 1. The lowest BCUT2D eigenvalue weighted by Gasteiger charge is -2.26. The topological polar surface area (TPSA) is 98.9 Å². The van der Waals surface area contributed by atoms with E-state index < -0.39 is 35.7 Å². The summed E-state index contributed by atoms with van der Waals surface area (Å²) in [6.07, 6.45) is -1.10. The zero-order chi connectivity index (χ0) is 17.9. The molecule has 0 spiro atoms. The zero-order valence-corrected chi connectivity index (χ0v) is 14.0. The van der Waals surface area contributed by atoms with Crippen molar-refractivity contribution < 1.29 is 23.9 Å². The molecule has 1 heterocycles. The molecular weight excluding hydrogens is 312 g/mol. The number of ether oxygens (including phenoxy) is 2. The van der Waals surface area contributed by atoms with Gasteiger partial charge in [0.25, 0.3) is 0 Å². The maximum Gasteiger partial charge on any atom is 0.411 e. The number of carbonyl (C=O) groups excluding carboxylic acids is 3. The molecule has 2 N–H and O–H groups in total. The van der Waals surface area contributed by atoms with Gasteiger partial charge in [-0.05, 0) is 32.9 Å². The third-order valence-corrected chi connectivity index (χ3v) is 3.50. The summed E-state index contributed by atoms with van der Waals surface area (Å²) in [7, 11) is 0. The van der Waals surface area contributed by atoms with Crippen LogP contribution in [-0.4, -0.2) is 47.2 Å². The second kappa shape index (κ2) is 6.90. The molecule has 24 heavy (non-hydrogen) atoms. The van der Waals surface area contributed by atoms with E-state index >= 15 is 0 Å². The Bertz CT molecular complexity index is 624. The van der Waals surface area contributed by atoms with Crippen molar-refractivity contribution in [2.45, 2.75) is 44.9 Å². The smallest absolute Gasteiger partial charge is 0.411 e. The summed E-state index contributed by atoms with van der Waals surface area (Å²) in [6, 6.07) is 7.66. The van der Waals surface area contributed by atoms with Gasteiger partial charge in [0.2, 0.25) is 5.91 Å². The Labute approximate surface area is 140 Å². The summed E-state index contributed by atoms with van der Waals surface area (Å²) in [5.41, 5.74) is 5.07. The molecule has 7 nitrogen and oxygen atoms in total. The van der Waals surface area contributed by atoms with E-state index in [2.05, 4.69) is 0 Å². The third-order valence-electron chi connectivity index (χ3n) is 3.50. The Morgan fingerprint density at radius 1 is 1.17 bits per heavy atom. The van der Waals surface area contributed by atoms with Crippen LogP contribution in [0.15, 0.2) is 30.3 Å². The van der Waals surface area contributed by atoms with E-state index in [1.807, 2.05) is 0 Å². The molecule has 0 radical (unpaired) electrons. The molecule has 130 valence electrons. The van der Waals surface area contributed by atoms with Crippen molar-refractivity contribution in [3.63, 3.8) is 0 Å². The summed E-state index contributed by atoms with van der Waals surface area (Å²) in [5.74, 6) is -1.16. The van der Waals surface area contributed by atoms with Crippen molar-refractivity contribution in [2.24, 2.45) is 5.73 Å². The van der Waals surface area contributed by atoms with Gasteiger partial charge in [-0.1, -0.05) is 18.2 Å². The van der Waals surface area contributed by atoms with Gasteiger partial charge in [0.05, 0.1) is 12.1 Å². The molecule has 1 fully saturated rings. The van der Waals surface area contributed by atoms with Crippen LogP contribution < -0.4 is 5.73 Å². The molecule has 0 saturated carbocycles. The van der Waals surface area contributed by atoms with Gasteiger partial charge >= 0.3 is 12.1 Å². The van der Waals surface area contributed by atoms with Crippen LogP contribution in [0.2, 0.25) is 0 Å². The van der Waals surface area contributed by atoms with Gasteiger partial charge in [-0.25, -0.2) is 9.59 Å². The van der Waals surface area contributed by atoms with E-state index in [0.717, 1.165) is 0 Å². The normalized spacial score (nSPS) is 20.5. The molecule has 1 aliphatic rings. The molecule has 7 heteroatoms. The zero-order valence-electron chi connectivity index (χ0n) is 14.0. The van der Waals surface area contributed by atoms with Crippen LogP contribution >= 0.6 is 0 Å². The van der Waals surface area contributed by atoms with Crippen LogP contribution in [0.1, 0.15) is 37.6 Å². The van der Waals surface area contributed by atoms with E-state index in [4.69, 9.17) is 15.2 Å². The maximum absolute atomic E-state index is 12.2. The first-order chi connectivity index (χ1) is 11.2. The lowest BCUT2D eigenvalue weighted by molar-refractivity contribution is -0.122. The molecule has 1 aromatic rings. The van der Waals surface area contributed by atoms with Crippen molar-refractivity contribution in [1.29, 1.82) is 0 Å². The first-order valence-electron chi connectivity index (χ1n) is 7.72. The highest BCUT2D eigenvalue weighted by Crippen LogP contribution is 2.24. The fourth-order valence-corrected chi connectivity index (χ4v) is 2.47. The average Bonchev–Trinajstić information content (AvgIpc) is 2.90. The summed E-state index contributed by atoms with van der Waals surface area (Å²) < 4.78 is 10.7. The number of hydrogen-bond acceptors (Lipinski definition) is 5. The fourth-order valence-electron chi connectivity index (χ4n) is 2.47. The van der Waals surface area contributed by atoms with Gasteiger partial charge in [0, 0.05) is 6.42 Å². The first-order valence-corrected chi connectivity index (χ1v) is 7.72. The Balaban J connectivity index is 2.05. The summed E-state index contributed by atoms with van der Waals surface area (Å²) in [6.45, 7) is 5.26. The van der Waals surface area contributed by atoms with E-state index in [-0.39, 0.29) is 13.0 Å². The molecule has 1 saturated heterocycles. The number of carbonyl (C=O) groups is 3. The van der Waals surface area contributed by atoms with Gasteiger partial charge in [0.1, 0.15) is 17.7 Å². The highest BCUT2D eigenvalue weighted by Gasteiger charge is 2.42. The van der Waals surface area contributed by atoms with Crippen molar-refractivity contribution in [3.05, 3.63) is 35.9 Å². The van der Waals surface area contributed by atoms with Crippen molar-refractivity contribution in [1.82, 2.24) is 4.90 Å². The van der Waals surface area contributed by atoms with Gasteiger partial charge in [-0.3, -0.25) is 9.69 Å². The number of nitrogens with zero attached hydrogens (tertiary/aromatic N) is 1. The number of amides is 2. The number of likely N-dealkylation sites (tertiary alicyclic amines) is 1. The maximum atomic E-state index is 12.2. The second-order valence-electron chi connectivity index (χ2n) is 6.68. The van der Waals surface area contributed by atoms with Crippen LogP contribution in [-0.2, 0) is 14.3 Å². The Kier molecular flexibility index (Phi) is 5.11. The molecule has 2 atom stereocenters. The van der Waals surface area contributed by atoms with E-state index in [1.54, 1.807) is 51.1 Å². The largest absolute Gasteiger partial charge is 0.457 e. The SMILES string of the molecule is CC(C)(C)OC(=O)N1CC(OC(=O)c2ccccc2)C[C@@H]1C(N)=O.